The van der Waals surface area contributed by atoms with E-state index < -0.39 is 13.8 Å². The summed E-state index contributed by atoms with van der Waals surface area (Å²) in [5, 5.41) is 0. The molecule has 4 aromatic rings. The van der Waals surface area contributed by atoms with Crippen molar-refractivity contribution < 1.29 is 23.3 Å². The minimum atomic E-state index is -1.46. The van der Waals surface area contributed by atoms with Gasteiger partial charge in [0.05, 0.1) is 22.6 Å². The zero-order valence-corrected chi connectivity index (χ0v) is 25.1. The molecule has 4 aromatic carbocycles. The van der Waals surface area contributed by atoms with Crippen LogP contribution in [-0.4, -0.2) is 12.5 Å². The van der Waals surface area contributed by atoms with Gasteiger partial charge in [-0.05, 0) is 67.0 Å². The van der Waals surface area contributed by atoms with Crippen molar-refractivity contribution in [1.29, 1.82) is 0 Å². The summed E-state index contributed by atoms with van der Waals surface area (Å²) in [6.45, 7) is 6.96. The van der Waals surface area contributed by atoms with Crippen LogP contribution in [0.5, 0.6) is 34.5 Å². The Hall–Kier alpha value is -3.53. The summed E-state index contributed by atoms with van der Waals surface area (Å²) in [5.41, 5.74) is 3.30. The van der Waals surface area contributed by atoms with E-state index in [2.05, 4.69) is 45.0 Å². The Morgan fingerprint density at radius 1 is 0.714 bits per heavy atom. The van der Waals surface area contributed by atoms with Gasteiger partial charge in [0.15, 0.2) is 0 Å². The standard InChI is InChI=1S/C36H35O5P/c1-22(2)24-19-18-23(3)20-33(24)37-21-42-40-31-16-8-14-29-34(31)36(25-10-4-6-12-27(25)38-29)26-11-5-7-13-28(26)39-30-15-9-17-32(41-42)35(30)36/h4-17,22-24,33H,18-21H2,1-3H3/t23-,24+,33-,36?/m0/s1. The van der Waals surface area contributed by atoms with E-state index in [0.29, 0.717) is 24.1 Å². The first-order valence-electron chi connectivity index (χ1n) is 15.1. The van der Waals surface area contributed by atoms with Crippen molar-refractivity contribution in [2.45, 2.75) is 51.6 Å². The summed E-state index contributed by atoms with van der Waals surface area (Å²) >= 11 is 0. The van der Waals surface area contributed by atoms with E-state index in [1.54, 1.807) is 0 Å². The van der Waals surface area contributed by atoms with E-state index >= 15 is 0 Å². The zero-order valence-electron chi connectivity index (χ0n) is 24.2. The summed E-state index contributed by atoms with van der Waals surface area (Å²) in [4.78, 5) is 0. The van der Waals surface area contributed by atoms with E-state index in [1.807, 2.05) is 60.7 Å². The lowest BCUT2D eigenvalue weighted by Crippen LogP contribution is -2.38. The van der Waals surface area contributed by atoms with Crippen LogP contribution in [0, 0.1) is 17.8 Å². The predicted molar refractivity (Wildman–Crippen MR) is 164 cm³/mol. The molecule has 4 aliphatic rings. The van der Waals surface area contributed by atoms with Crippen molar-refractivity contribution >= 4 is 8.38 Å². The number of fused-ring (bicyclic) bond motifs is 2. The Labute approximate surface area is 248 Å². The molecule has 0 unspecified atom stereocenters. The molecule has 42 heavy (non-hydrogen) atoms. The molecular weight excluding hydrogens is 543 g/mol. The summed E-state index contributed by atoms with van der Waals surface area (Å²) in [5.74, 6) is 6.49. The van der Waals surface area contributed by atoms with Gasteiger partial charge in [-0.1, -0.05) is 75.7 Å². The fraction of sp³-hybridized carbons (Fsp3) is 0.333. The van der Waals surface area contributed by atoms with Crippen LogP contribution in [0.3, 0.4) is 0 Å². The first kappa shape index (κ1) is 26.1. The van der Waals surface area contributed by atoms with Crippen LogP contribution in [0.1, 0.15) is 62.3 Å². The molecule has 214 valence electrons. The Morgan fingerprint density at radius 3 is 1.81 bits per heavy atom. The van der Waals surface area contributed by atoms with Crippen molar-refractivity contribution in [1.82, 2.24) is 0 Å². The van der Waals surface area contributed by atoms with Gasteiger partial charge in [-0.25, -0.2) is 0 Å². The number of benzene rings is 4. The van der Waals surface area contributed by atoms with Gasteiger partial charge in [0.2, 0.25) is 0 Å². The molecule has 0 N–H and O–H groups in total. The van der Waals surface area contributed by atoms with E-state index in [9.17, 15) is 0 Å². The molecule has 0 aromatic heterocycles. The Morgan fingerprint density at radius 2 is 1.24 bits per heavy atom. The van der Waals surface area contributed by atoms with Gasteiger partial charge in [-0.2, -0.15) is 0 Å². The molecule has 1 saturated carbocycles. The van der Waals surface area contributed by atoms with Crippen molar-refractivity contribution in [3.8, 4) is 34.5 Å². The molecule has 0 radical (unpaired) electrons. The molecule has 3 aliphatic heterocycles. The fourth-order valence-electron chi connectivity index (χ4n) is 7.61. The van der Waals surface area contributed by atoms with Gasteiger partial charge in [-0.15, -0.1) is 0 Å². The lowest BCUT2D eigenvalue weighted by atomic mass is 9.62. The number of rotatable bonds is 4. The zero-order chi connectivity index (χ0) is 28.4. The second kappa shape index (κ2) is 10.0. The maximum atomic E-state index is 6.87. The van der Waals surface area contributed by atoms with E-state index in [-0.39, 0.29) is 6.10 Å². The van der Waals surface area contributed by atoms with Crippen molar-refractivity contribution in [2.24, 2.45) is 17.8 Å². The van der Waals surface area contributed by atoms with E-state index in [1.165, 1.54) is 12.8 Å². The Kier molecular flexibility index (Phi) is 6.24. The molecule has 3 atom stereocenters. The number of hydrogen-bond donors (Lipinski definition) is 0. The third-order valence-electron chi connectivity index (χ3n) is 9.50. The van der Waals surface area contributed by atoms with Crippen LogP contribution in [0.2, 0.25) is 0 Å². The summed E-state index contributed by atoms with van der Waals surface area (Å²) in [7, 11) is -1.46. The van der Waals surface area contributed by atoms with Crippen LogP contribution < -0.4 is 18.5 Å². The highest BCUT2D eigenvalue weighted by Gasteiger charge is 2.55. The van der Waals surface area contributed by atoms with Crippen molar-refractivity contribution in [3.63, 3.8) is 0 Å². The van der Waals surface area contributed by atoms with Crippen LogP contribution in [0.15, 0.2) is 84.9 Å². The Bertz CT molecular complexity index is 1560. The third-order valence-corrected chi connectivity index (χ3v) is 10.7. The molecule has 3 heterocycles. The first-order valence-corrected chi connectivity index (χ1v) is 16.5. The average Bonchev–Trinajstić information content (AvgIpc) is 2.99. The molecular formula is C36H35O5P. The van der Waals surface area contributed by atoms with Crippen molar-refractivity contribution in [2.75, 3.05) is 6.35 Å². The first-order chi connectivity index (χ1) is 20.5. The second-order valence-corrected chi connectivity index (χ2v) is 13.7. The molecule has 8 rings (SSSR count). The molecule has 1 fully saturated rings. The summed E-state index contributed by atoms with van der Waals surface area (Å²) in [6, 6.07) is 28.7. The highest BCUT2D eigenvalue weighted by atomic mass is 31.2. The van der Waals surface area contributed by atoms with E-state index in [0.717, 1.165) is 63.2 Å². The summed E-state index contributed by atoms with van der Waals surface area (Å²) in [6.07, 6.45) is 4.14. The normalized spacial score (nSPS) is 22.9. The minimum Gasteiger partial charge on any atom is -0.457 e. The van der Waals surface area contributed by atoms with Gasteiger partial charge < -0.3 is 23.3 Å². The van der Waals surface area contributed by atoms with Gasteiger partial charge in [0.25, 0.3) is 0 Å². The molecule has 1 spiro atoms. The molecule has 6 heteroatoms. The molecule has 0 saturated heterocycles. The highest BCUT2D eigenvalue weighted by Crippen LogP contribution is 2.67. The molecule has 0 bridgehead atoms. The number of hydrogen-bond acceptors (Lipinski definition) is 5. The monoisotopic (exact) mass is 578 g/mol. The topological polar surface area (TPSA) is 46.2 Å². The lowest BCUT2D eigenvalue weighted by Gasteiger charge is -2.47. The average molecular weight is 579 g/mol. The maximum Gasteiger partial charge on any atom is 0.318 e. The number of para-hydroxylation sites is 2. The van der Waals surface area contributed by atoms with Crippen molar-refractivity contribution in [3.05, 3.63) is 107 Å². The van der Waals surface area contributed by atoms with Gasteiger partial charge in [-0.3, -0.25) is 0 Å². The fourth-order valence-corrected chi connectivity index (χ4v) is 8.81. The van der Waals surface area contributed by atoms with Crippen LogP contribution in [0.25, 0.3) is 0 Å². The van der Waals surface area contributed by atoms with Crippen LogP contribution in [0.4, 0.5) is 0 Å². The van der Waals surface area contributed by atoms with Crippen LogP contribution in [-0.2, 0) is 10.2 Å². The molecule has 1 aliphatic carbocycles. The SMILES string of the molecule is CC(C)[C@H]1CC[C@H](C)C[C@@H]1OCP1Oc2cccc3c2C2(c4ccccc4O3)c3ccccc3Oc3cccc(c32)O1. The minimum absolute atomic E-state index is 0.202. The van der Waals surface area contributed by atoms with Gasteiger partial charge in [0.1, 0.15) is 40.8 Å². The third kappa shape index (κ3) is 3.90. The van der Waals surface area contributed by atoms with Gasteiger partial charge >= 0.3 is 8.38 Å². The van der Waals surface area contributed by atoms with E-state index in [4.69, 9.17) is 23.3 Å². The van der Waals surface area contributed by atoms with Crippen LogP contribution >= 0.6 is 8.38 Å². The maximum absolute atomic E-state index is 6.87. The smallest absolute Gasteiger partial charge is 0.318 e. The second-order valence-electron chi connectivity index (χ2n) is 12.4. The largest absolute Gasteiger partial charge is 0.457 e. The number of ether oxygens (including phenoxy) is 3. The van der Waals surface area contributed by atoms with Gasteiger partial charge in [0, 0.05) is 11.1 Å². The predicted octanol–water partition coefficient (Wildman–Crippen LogP) is 9.80. The lowest BCUT2D eigenvalue weighted by molar-refractivity contribution is -0.0211. The molecule has 5 nitrogen and oxygen atoms in total. The highest BCUT2D eigenvalue weighted by molar-refractivity contribution is 7.47. The quantitative estimate of drug-likeness (QED) is 0.195. The molecule has 0 amide bonds. The summed E-state index contributed by atoms with van der Waals surface area (Å²) < 4.78 is 33.7. The Balaban J connectivity index is 1.30.